The number of aliphatic carboxylic acids is 1. The van der Waals surface area contributed by atoms with Crippen molar-refractivity contribution in [1.29, 1.82) is 0 Å². The summed E-state index contributed by atoms with van der Waals surface area (Å²) in [6.07, 6.45) is 3.02. The van der Waals surface area contributed by atoms with Gasteiger partial charge in [0.2, 0.25) is 5.91 Å². The molecular weight excluding hydrogens is 220 g/mol. The largest absolute Gasteiger partial charge is 0.481 e. The molecule has 4 atom stereocenters. The summed E-state index contributed by atoms with van der Waals surface area (Å²) in [4.78, 5) is 24.7. The van der Waals surface area contributed by atoms with Crippen LogP contribution >= 0.6 is 0 Å². The van der Waals surface area contributed by atoms with Crippen molar-refractivity contribution >= 4 is 11.9 Å². The lowest BCUT2D eigenvalue weighted by molar-refractivity contribution is -0.144. The van der Waals surface area contributed by atoms with Gasteiger partial charge in [-0.05, 0) is 45.2 Å². The van der Waals surface area contributed by atoms with Gasteiger partial charge in [0, 0.05) is 6.04 Å². The summed E-state index contributed by atoms with van der Waals surface area (Å²) in [6.45, 7) is 0.320. The van der Waals surface area contributed by atoms with Crippen LogP contribution in [0.15, 0.2) is 0 Å². The van der Waals surface area contributed by atoms with E-state index in [1.54, 1.807) is 4.90 Å². The zero-order chi connectivity index (χ0) is 12.6. The number of nitrogens with zero attached hydrogens (tertiary/aromatic N) is 1. The van der Waals surface area contributed by atoms with Gasteiger partial charge in [-0.25, -0.2) is 0 Å². The van der Waals surface area contributed by atoms with Gasteiger partial charge in [0.15, 0.2) is 0 Å². The second-order valence-corrected chi connectivity index (χ2v) is 5.53. The molecule has 17 heavy (non-hydrogen) atoms. The van der Waals surface area contributed by atoms with E-state index in [2.05, 4.69) is 5.32 Å². The predicted octanol–water partition coefficient (Wildman–Crippen LogP) is 0.164. The molecule has 0 aromatic heterocycles. The van der Waals surface area contributed by atoms with Gasteiger partial charge in [-0.1, -0.05) is 0 Å². The van der Waals surface area contributed by atoms with Crippen LogP contribution in [-0.2, 0) is 9.59 Å². The van der Waals surface area contributed by atoms with Crippen LogP contribution < -0.4 is 5.32 Å². The van der Waals surface area contributed by atoms with Gasteiger partial charge in [-0.3, -0.25) is 9.59 Å². The standard InChI is InChI=1S/C12H20N2O3/c1-14(2)6-9(15)13-11-8-4-3-7(5-8)10(11)12(16)17/h7-8,10-11H,3-6H2,1-2H3,(H,13,15)(H,16,17). The molecule has 1 amide bonds. The molecule has 0 heterocycles. The van der Waals surface area contributed by atoms with Crippen molar-refractivity contribution in [3.8, 4) is 0 Å². The quantitative estimate of drug-likeness (QED) is 0.734. The lowest BCUT2D eigenvalue weighted by atomic mass is 9.84. The first kappa shape index (κ1) is 12.4. The molecule has 4 unspecified atom stereocenters. The van der Waals surface area contributed by atoms with E-state index in [0.29, 0.717) is 12.5 Å². The molecule has 2 aliphatic rings. The maximum Gasteiger partial charge on any atom is 0.308 e. The minimum absolute atomic E-state index is 0.0706. The molecule has 2 aliphatic carbocycles. The fraction of sp³-hybridized carbons (Fsp3) is 0.833. The molecule has 2 N–H and O–H groups in total. The lowest BCUT2D eigenvalue weighted by Gasteiger charge is -2.29. The Morgan fingerprint density at radius 3 is 2.53 bits per heavy atom. The Labute approximate surface area is 101 Å². The SMILES string of the molecule is CN(C)CC(=O)NC1C2CCC(C2)C1C(=O)O. The van der Waals surface area contributed by atoms with E-state index in [1.165, 1.54) is 0 Å². The maximum atomic E-state index is 11.7. The second kappa shape index (κ2) is 4.64. The molecule has 0 aromatic carbocycles. The van der Waals surface area contributed by atoms with Crippen LogP contribution in [0.5, 0.6) is 0 Å². The predicted molar refractivity (Wildman–Crippen MR) is 62.4 cm³/mol. The van der Waals surface area contributed by atoms with Crippen LogP contribution in [-0.4, -0.2) is 48.6 Å². The number of amides is 1. The minimum Gasteiger partial charge on any atom is -0.481 e. The van der Waals surface area contributed by atoms with Crippen LogP contribution in [0.25, 0.3) is 0 Å². The number of carbonyl (C=O) groups is 2. The highest BCUT2D eigenvalue weighted by molar-refractivity contribution is 5.80. The molecule has 5 heteroatoms. The minimum atomic E-state index is -0.757. The summed E-state index contributed by atoms with van der Waals surface area (Å²) in [5.41, 5.74) is 0. The smallest absolute Gasteiger partial charge is 0.308 e. The van der Waals surface area contributed by atoms with Gasteiger partial charge >= 0.3 is 5.97 Å². The molecule has 2 fully saturated rings. The van der Waals surface area contributed by atoms with Crippen LogP contribution in [0.3, 0.4) is 0 Å². The molecular formula is C12H20N2O3. The lowest BCUT2D eigenvalue weighted by Crippen LogP contribution is -2.49. The highest BCUT2D eigenvalue weighted by Crippen LogP contribution is 2.48. The maximum absolute atomic E-state index is 11.7. The molecule has 2 saturated carbocycles. The molecule has 2 rings (SSSR count). The monoisotopic (exact) mass is 240 g/mol. The summed E-state index contributed by atoms with van der Waals surface area (Å²) in [5, 5.41) is 12.2. The highest BCUT2D eigenvalue weighted by atomic mass is 16.4. The number of hydrogen-bond donors (Lipinski definition) is 2. The van der Waals surface area contributed by atoms with Gasteiger partial charge in [-0.2, -0.15) is 0 Å². The van der Waals surface area contributed by atoms with Crippen molar-refractivity contribution in [2.24, 2.45) is 17.8 Å². The molecule has 0 saturated heterocycles. The molecule has 0 spiro atoms. The van der Waals surface area contributed by atoms with Gasteiger partial charge in [0.1, 0.15) is 0 Å². The van der Waals surface area contributed by atoms with Gasteiger partial charge in [0.25, 0.3) is 0 Å². The van der Waals surface area contributed by atoms with Gasteiger partial charge in [0.05, 0.1) is 12.5 Å². The van der Waals surface area contributed by atoms with Crippen molar-refractivity contribution in [2.45, 2.75) is 25.3 Å². The van der Waals surface area contributed by atoms with Crippen LogP contribution in [0.1, 0.15) is 19.3 Å². The van der Waals surface area contributed by atoms with E-state index in [-0.39, 0.29) is 23.8 Å². The van der Waals surface area contributed by atoms with E-state index in [4.69, 9.17) is 0 Å². The van der Waals surface area contributed by atoms with E-state index >= 15 is 0 Å². The Kier molecular flexibility index (Phi) is 3.38. The zero-order valence-electron chi connectivity index (χ0n) is 10.3. The van der Waals surface area contributed by atoms with Crippen molar-refractivity contribution in [3.63, 3.8) is 0 Å². The number of carbonyl (C=O) groups excluding carboxylic acids is 1. The Bertz CT molecular complexity index is 330. The highest BCUT2D eigenvalue weighted by Gasteiger charge is 2.51. The first-order chi connectivity index (χ1) is 7.99. The second-order valence-electron chi connectivity index (χ2n) is 5.53. The Balaban J connectivity index is 1.99. The topological polar surface area (TPSA) is 69.6 Å². The zero-order valence-corrected chi connectivity index (χ0v) is 10.3. The van der Waals surface area contributed by atoms with Gasteiger partial charge in [-0.15, -0.1) is 0 Å². The fourth-order valence-corrected chi connectivity index (χ4v) is 3.37. The summed E-state index contributed by atoms with van der Waals surface area (Å²) < 4.78 is 0. The fourth-order valence-electron chi connectivity index (χ4n) is 3.37. The Hall–Kier alpha value is -1.10. The molecule has 2 bridgehead atoms. The van der Waals surface area contributed by atoms with Crippen LogP contribution in [0.4, 0.5) is 0 Å². The van der Waals surface area contributed by atoms with E-state index in [1.807, 2.05) is 14.1 Å². The summed E-state index contributed by atoms with van der Waals surface area (Å²) >= 11 is 0. The van der Waals surface area contributed by atoms with Gasteiger partial charge < -0.3 is 15.3 Å². The molecule has 96 valence electrons. The number of hydrogen-bond acceptors (Lipinski definition) is 3. The van der Waals surface area contributed by atoms with Crippen molar-refractivity contribution in [2.75, 3.05) is 20.6 Å². The first-order valence-corrected chi connectivity index (χ1v) is 6.16. The van der Waals surface area contributed by atoms with E-state index < -0.39 is 5.97 Å². The van der Waals surface area contributed by atoms with Crippen LogP contribution in [0.2, 0.25) is 0 Å². The Morgan fingerprint density at radius 1 is 1.29 bits per heavy atom. The van der Waals surface area contributed by atoms with E-state index in [9.17, 15) is 14.7 Å². The Morgan fingerprint density at radius 2 is 1.94 bits per heavy atom. The van der Waals surface area contributed by atoms with Crippen molar-refractivity contribution in [1.82, 2.24) is 10.2 Å². The molecule has 0 aromatic rings. The molecule has 0 radical (unpaired) electrons. The third-order valence-electron chi connectivity index (χ3n) is 3.99. The number of carboxylic acid groups (broad SMARTS) is 1. The molecule has 5 nitrogen and oxygen atoms in total. The summed E-state index contributed by atoms with van der Waals surface area (Å²) in [7, 11) is 3.66. The normalized spacial score (nSPS) is 35.2. The van der Waals surface area contributed by atoms with E-state index in [0.717, 1.165) is 19.3 Å². The number of carboxylic acids is 1. The van der Waals surface area contributed by atoms with Crippen LogP contribution in [0, 0.1) is 17.8 Å². The average molecular weight is 240 g/mol. The molecule has 0 aliphatic heterocycles. The number of rotatable bonds is 4. The summed E-state index contributed by atoms with van der Waals surface area (Å²) in [6, 6.07) is -0.154. The van der Waals surface area contributed by atoms with Crippen molar-refractivity contribution < 1.29 is 14.7 Å². The number of nitrogens with one attached hydrogen (secondary N) is 1. The number of fused-ring (bicyclic) bond motifs is 2. The third kappa shape index (κ3) is 2.44. The summed E-state index contributed by atoms with van der Waals surface area (Å²) in [5.74, 6) is -0.569. The van der Waals surface area contributed by atoms with Crippen molar-refractivity contribution in [3.05, 3.63) is 0 Å². The third-order valence-corrected chi connectivity index (χ3v) is 3.99. The number of likely N-dealkylation sites (N-methyl/N-ethyl adjacent to an activating group) is 1. The average Bonchev–Trinajstić information content (AvgIpc) is 2.75. The first-order valence-electron chi connectivity index (χ1n) is 6.16.